The van der Waals surface area contributed by atoms with Crippen LogP contribution in [0.1, 0.15) is 13.3 Å². The van der Waals surface area contributed by atoms with Gasteiger partial charge in [-0.15, -0.1) is 10.2 Å². The van der Waals surface area contributed by atoms with Crippen molar-refractivity contribution in [3.63, 3.8) is 0 Å². The third-order valence-electron chi connectivity index (χ3n) is 2.52. The van der Waals surface area contributed by atoms with Crippen molar-refractivity contribution >= 4 is 27.5 Å². The fraction of sp³-hybridized carbons (Fsp3) is 0.333. The second kappa shape index (κ2) is 7.11. The number of H-pyrrole nitrogens is 1. The van der Waals surface area contributed by atoms with E-state index in [9.17, 15) is 4.79 Å². The molecule has 1 heterocycles. The first-order valence-electron chi connectivity index (χ1n) is 6.11. The molecule has 7 nitrogen and oxygen atoms in total. The van der Waals surface area contributed by atoms with E-state index in [1.165, 1.54) is 0 Å². The predicted molar refractivity (Wildman–Crippen MR) is 77.1 cm³/mol. The van der Waals surface area contributed by atoms with Gasteiger partial charge < -0.3 is 10.1 Å². The summed E-state index contributed by atoms with van der Waals surface area (Å²) in [5.41, 5.74) is 1.33. The zero-order valence-electron chi connectivity index (χ0n) is 10.9. The average molecular weight is 340 g/mol. The van der Waals surface area contributed by atoms with Crippen LogP contribution in [-0.2, 0) is 9.53 Å². The van der Waals surface area contributed by atoms with E-state index in [1.54, 1.807) is 6.07 Å². The highest BCUT2D eigenvalue weighted by Gasteiger charge is 2.12. The third-order valence-corrected chi connectivity index (χ3v) is 3.01. The molecule has 2 aromatic rings. The van der Waals surface area contributed by atoms with Crippen LogP contribution in [-0.4, -0.2) is 39.7 Å². The number of halogens is 1. The highest BCUT2D eigenvalue weighted by Crippen LogP contribution is 2.28. The standard InChI is InChI=1S/C12H14BrN5O2/c1-2-20-6-5-11(19)14-10-4-3-8(13)7-9(10)12-15-17-18-16-12/h3-4,7H,2,5-6H2,1H3,(H,14,19)(H,15,16,17,18). The van der Waals surface area contributed by atoms with Crippen molar-refractivity contribution in [3.05, 3.63) is 22.7 Å². The summed E-state index contributed by atoms with van der Waals surface area (Å²) in [6, 6.07) is 5.44. The first-order valence-corrected chi connectivity index (χ1v) is 6.91. The summed E-state index contributed by atoms with van der Waals surface area (Å²) in [4.78, 5) is 11.8. The minimum atomic E-state index is -0.120. The molecule has 8 heteroatoms. The number of nitrogens with zero attached hydrogens (tertiary/aromatic N) is 3. The Morgan fingerprint density at radius 2 is 2.35 bits per heavy atom. The molecule has 106 valence electrons. The molecule has 0 saturated heterocycles. The second-order valence-electron chi connectivity index (χ2n) is 3.92. The first kappa shape index (κ1) is 14.6. The SMILES string of the molecule is CCOCCC(=O)Nc1ccc(Br)cc1-c1nn[nH]n1. The van der Waals surface area contributed by atoms with E-state index in [0.717, 1.165) is 4.47 Å². The summed E-state index contributed by atoms with van der Waals surface area (Å²) in [6.07, 6.45) is 0.301. The molecule has 0 atom stereocenters. The lowest BCUT2D eigenvalue weighted by Gasteiger charge is -2.09. The van der Waals surface area contributed by atoms with E-state index in [0.29, 0.717) is 36.7 Å². The molecule has 1 aromatic heterocycles. The van der Waals surface area contributed by atoms with Crippen LogP contribution >= 0.6 is 15.9 Å². The average Bonchev–Trinajstić information content (AvgIpc) is 2.95. The molecule has 1 amide bonds. The molecular weight excluding hydrogens is 326 g/mol. The van der Waals surface area contributed by atoms with E-state index in [4.69, 9.17) is 4.74 Å². The van der Waals surface area contributed by atoms with E-state index in [2.05, 4.69) is 41.9 Å². The topological polar surface area (TPSA) is 92.8 Å². The number of amides is 1. The molecule has 0 radical (unpaired) electrons. The highest BCUT2D eigenvalue weighted by atomic mass is 79.9. The normalized spacial score (nSPS) is 10.5. The Hall–Kier alpha value is -1.80. The third kappa shape index (κ3) is 3.84. The van der Waals surface area contributed by atoms with Crippen molar-refractivity contribution in [2.24, 2.45) is 0 Å². The van der Waals surface area contributed by atoms with Crippen molar-refractivity contribution in [3.8, 4) is 11.4 Å². The Morgan fingerprint density at radius 3 is 3.05 bits per heavy atom. The number of carbonyl (C=O) groups is 1. The zero-order valence-corrected chi connectivity index (χ0v) is 12.5. The maximum Gasteiger partial charge on any atom is 0.226 e. The van der Waals surface area contributed by atoms with Crippen molar-refractivity contribution in [2.45, 2.75) is 13.3 Å². The van der Waals surface area contributed by atoms with Crippen LogP contribution in [0.25, 0.3) is 11.4 Å². The molecule has 0 spiro atoms. The Kier molecular flexibility index (Phi) is 5.19. The van der Waals surface area contributed by atoms with Gasteiger partial charge in [0.15, 0.2) is 0 Å². The summed E-state index contributed by atoms with van der Waals surface area (Å²) in [6.45, 7) is 2.89. The molecule has 0 aliphatic carbocycles. The number of hydrogen-bond acceptors (Lipinski definition) is 5. The summed E-state index contributed by atoms with van der Waals surface area (Å²) >= 11 is 3.38. The van der Waals surface area contributed by atoms with Crippen molar-refractivity contribution < 1.29 is 9.53 Å². The van der Waals surface area contributed by atoms with Crippen LogP contribution in [0.5, 0.6) is 0 Å². The monoisotopic (exact) mass is 339 g/mol. The van der Waals surface area contributed by atoms with Gasteiger partial charge in [0.1, 0.15) is 0 Å². The predicted octanol–water partition coefficient (Wildman–Crippen LogP) is 1.99. The van der Waals surface area contributed by atoms with E-state index in [1.807, 2.05) is 19.1 Å². The molecule has 2 N–H and O–H groups in total. The Morgan fingerprint density at radius 1 is 1.50 bits per heavy atom. The van der Waals surface area contributed by atoms with Gasteiger partial charge in [0.05, 0.1) is 18.7 Å². The number of tetrazole rings is 1. The Balaban J connectivity index is 2.13. The number of benzene rings is 1. The van der Waals surface area contributed by atoms with Crippen molar-refractivity contribution in [1.82, 2.24) is 20.6 Å². The van der Waals surface area contributed by atoms with Crippen LogP contribution in [0.3, 0.4) is 0 Å². The van der Waals surface area contributed by atoms with E-state index < -0.39 is 0 Å². The number of nitrogens with one attached hydrogen (secondary N) is 2. The fourth-order valence-corrected chi connectivity index (χ4v) is 1.97. The molecule has 20 heavy (non-hydrogen) atoms. The molecule has 0 unspecified atom stereocenters. The summed E-state index contributed by atoms with van der Waals surface area (Å²) in [5, 5.41) is 16.6. The van der Waals surface area contributed by atoms with Gasteiger partial charge in [-0.25, -0.2) is 0 Å². The lowest BCUT2D eigenvalue weighted by atomic mass is 10.1. The van der Waals surface area contributed by atoms with Crippen LogP contribution in [0.15, 0.2) is 22.7 Å². The molecule has 0 aliphatic rings. The van der Waals surface area contributed by atoms with Gasteiger partial charge >= 0.3 is 0 Å². The summed E-state index contributed by atoms with van der Waals surface area (Å²) in [7, 11) is 0. The molecule has 1 aromatic carbocycles. The lowest BCUT2D eigenvalue weighted by Crippen LogP contribution is -2.14. The highest BCUT2D eigenvalue weighted by molar-refractivity contribution is 9.10. The number of hydrogen-bond donors (Lipinski definition) is 2. The van der Waals surface area contributed by atoms with Crippen molar-refractivity contribution in [1.29, 1.82) is 0 Å². The smallest absolute Gasteiger partial charge is 0.226 e. The van der Waals surface area contributed by atoms with Gasteiger partial charge in [-0.05, 0) is 30.3 Å². The largest absolute Gasteiger partial charge is 0.381 e. The molecule has 0 saturated carbocycles. The van der Waals surface area contributed by atoms with Gasteiger partial charge in [-0.2, -0.15) is 5.21 Å². The first-order chi connectivity index (χ1) is 9.70. The van der Waals surface area contributed by atoms with Crippen LogP contribution in [0.2, 0.25) is 0 Å². The van der Waals surface area contributed by atoms with Crippen LogP contribution < -0.4 is 5.32 Å². The fourth-order valence-electron chi connectivity index (χ4n) is 1.61. The number of anilines is 1. The van der Waals surface area contributed by atoms with Gasteiger partial charge in [0.2, 0.25) is 11.7 Å². The molecule has 0 fully saturated rings. The zero-order chi connectivity index (χ0) is 14.4. The quantitative estimate of drug-likeness (QED) is 0.785. The minimum Gasteiger partial charge on any atom is -0.381 e. The molecular formula is C12H14BrN5O2. The summed E-state index contributed by atoms with van der Waals surface area (Å²) < 4.78 is 6.02. The molecule has 0 bridgehead atoms. The molecule has 0 aliphatic heterocycles. The number of aromatic nitrogens is 4. The Labute approximate surface area is 124 Å². The summed E-state index contributed by atoms with van der Waals surface area (Å²) in [5.74, 6) is 0.303. The minimum absolute atomic E-state index is 0.120. The van der Waals surface area contributed by atoms with Crippen LogP contribution in [0.4, 0.5) is 5.69 Å². The number of rotatable bonds is 6. The van der Waals surface area contributed by atoms with E-state index >= 15 is 0 Å². The Bertz CT molecular complexity index is 573. The van der Waals surface area contributed by atoms with Crippen molar-refractivity contribution in [2.75, 3.05) is 18.5 Å². The maximum atomic E-state index is 11.8. The number of ether oxygens (including phenoxy) is 1. The van der Waals surface area contributed by atoms with Gasteiger partial charge in [0.25, 0.3) is 0 Å². The lowest BCUT2D eigenvalue weighted by molar-refractivity contribution is -0.117. The number of carbonyl (C=O) groups excluding carboxylic acids is 1. The van der Waals surface area contributed by atoms with Crippen LogP contribution in [0, 0.1) is 0 Å². The van der Waals surface area contributed by atoms with Gasteiger partial charge in [0, 0.05) is 16.6 Å². The number of aromatic amines is 1. The van der Waals surface area contributed by atoms with Gasteiger partial charge in [-0.1, -0.05) is 15.9 Å². The molecule has 2 rings (SSSR count). The van der Waals surface area contributed by atoms with Gasteiger partial charge in [-0.3, -0.25) is 4.79 Å². The maximum absolute atomic E-state index is 11.8. The van der Waals surface area contributed by atoms with E-state index in [-0.39, 0.29) is 5.91 Å². The second-order valence-corrected chi connectivity index (χ2v) is 4.84.